The van der Waals surface area contributed by atoms with E-state index in [0.717, 1.165) is 21.4 Å². The molecule has 0 aliphatic carbocycles. The van der Waals surface area contributed by atoms with Crippen molar-refractivity contribution in [3.63, 3.8) is 0 Å². The second-order valence-corrected chi connectivity index (χ2v) is 5.45. The van der Waals surface area contributed by atoms with Crippen molar-refractivity contribution in [2.75, 3.05) is 0 Å². The average molecular weight is 270 g/mol. The first-order valence-electron chi connectivity index (χ1n) is 6.11. The molecule has 0 unspecified atom stereocenters. The van der Waals surface area contributed by atoms with Crippen LogP contribution in [0, 0.1) is 6.92 Å². The number of benzene rings is 2. The van der Waals surface area contributed by atoms with Crippen LogP contribution in [0.3, 0.4) is 0 Å². The van der Waals surface area contributed by atoms with E-state index in [2.05, 4.69) is 12.3 Å². The highest BCUT2D eigenvalue weighted by molar-refractivity contribution is 7.17. The number of hydrogen-bond donors (Lipinski definition) is 1. The molecule has 0 fully saturated rings. The fourth-order valence-electron chi connectivity index (χ4n) is 1.98. The summed E-state index contributed by atoms with van der Waals surface area (Å²) in [5.41, 5.74) is 2.38. The minimum atomic E-state index is 0.306. The van der Waals surface area contributed by atoms with Gasteiger partial charge in [-0.05, 0) is 48.0 Å². The van der Waals surface area contributed by atoms with E-state index < -0.39 is 0 Å². The number of fused-ring (bicyclic) bond motifs is 1. The molecule has 2 aromatic carbocycles. The average Bonchev–Trinajstić information content (AvgIpc) is 2.80. The van der Waals surface area contributed by atoms with Crippen LogP contribution in [0.4, 0.5) is 0 Å². The van der Waals surface area contributed by atoms with Gasteiger partial charge in [-0.2, -0.15) is 0 Å². The van der Waals surface area contributed by atoms with Crippen molar-refractivity contribution < 1.29 is 9.84 Å². The number of hydrogen-bond acceptors (Lipinski definition) is 3. The third-order valence-corrected chi connectivity index (χ3v) is 4.05. The number of aromatic hydroxyl groups is 1. The van der Waals surface area contributed by atoms with E-state index in [1.165, 1.54) is 5.56 Å². The zero-order valence-electron chi connectivity index (χ0n) is 10.6. The number of rotatable bonds is 3. The lowest BCUT2D eigenvalue weighted by molar-refractivity contribution is 0.308. The highest BCUT2D eigenvalue weighted by Crippen LogP contribution is 2.29. The second kappa shape index (κ2) is 4.94. The van der Waals surface area contributed by atoms with Gasteiger partial charge in [0, 0.05) is 10.3 Å². The van der Waals surface area contributed by atoms with E-state index in [1.54, 1.807) is 23.5 Å². The third-order valence-electron chi connectivity index (χ3n) is 3.05. The molecule has 3 rings (SSSR count). The molecule has 2 nitrogen and oxygen atoms in total. The maximum absolute atomic E-state index is 9.45. The van der Waals surface area contributed by atoms with Gasteiger partial charge in [0.15, 0.2) is 0 Å². The van der Waals surface area contributed by atoms with Crippen molar-refractivity contribution in [1.29, 1.82) is 0 Å². The highest BCUT2D eigenvalue weighted by atomic mass is 32.1. The van der Waals surface area contributed by atoms with Crippen LogP contribution in [0.5, 0.6) is 11.5 Å². The molecule has 3 heteroatoms. The summed E-state index contributed by atoms with van der Waals surface area (Å²) in [6.45, 7) is 2.61. The van der Waals surface area contributed by atoms with Crippen LogP contribution in [-0.4, -0.2) is 5.11 Å². The maximum Gasteiger partial charge on any atom is 0.119 e. The van der Waals surface area contributed by atoms with Crippen molar-refractivity contribution in [2.45, 2.75) is 13.5 Å². The van der Waals surface area contributed by atoms with Gasteiger partial charge in [0.2, 0.25) is 0 Å². The number of phenolic OH excluding ortho intramolecular Hbond substituents is 1. The zero-order chi connectivity index (χ0) is 13.2. The first-order valence-corrected chi connectivity index (χ1v) is 6.99. The van der Waals surface area contributed by atoms with Crippen molar-refractivity contribution in [3.8, 4) is 11.5 Å². The van der Waals surface area contributed by atoms with Gasteiger partial charge in [0.25, 0.3) is 0 Å². The Balaban J connectivity index is 1.80. The minimum Gasteiger partial charge on any atom is -0.508 e. The SMILES string of the molecule is Cc1ccc(OCc2csc3cc(O)ccc23)cc1. The van der Waals surface area contributed by atoms with Gasteiger partial charge < -0.3 is 9.84 Å². The molecule has 0 aliphatic heterocycles. The maximum atomic E-state index is 9.45. The lowest BCUT2D eigenvalue weighted by Gasteiger charge is -2.05. The Labute approximate surface area is 115 Å². The van der Waals surface area contributed by atoms with Crippen LogP contribution < -0.4 is 4.74 Å². The normalized spacial score (nSPS) is 10.8. The standard InChI is InChI=1S/C16H14O2S/c1-11-2-5-14(6-3-11)18-9-12-10-19-16-8-13(17)4-7-15(12)16/h2-8,10,17H,9H2,1H3. The molecule has 1 aromatic heterocycles. The van der Waals surface area contributed by atoms with Crippen molar-refractivity contribution in [2.24, 2.45) is 0 Å². The minimum absolute atomic E-state index is 0.306. The van der Waals surface area contributed by atoms with E-state index in [0.29, 0.717) is 12.4 Å². The quantitative estimate of drug-likeness (QED) is 0.759. The number of ether oxygens (including phenoxy) is 1. The number of thiophene rings is 1. The summed E-state index contributed by atoms with van der Waals surface area (Å²) in [7, 11) is 0. The van der Waals surface area contributed by atoms with Gasteiger partial charge in [-0.15, -0.1) is 11.3 Å². The molecule has 0 saturated carbocycles. The fourth-order valence-corrected chi connectivity index (χ4v) is 2.96. The summed E-state index contributed by atoms with van der Waals surface area (Å²) < 4.78 is 6.87. The summed E-state index contributed by atoms with van der Waals surface area (Å²) in [5.74, 6) is 1.18. The predicted octanol–water partition coefficient (Wildman–Crippen LogP) is 4.49. The summed E-state index contributed by atoms with van der Waals surface area (Å²) in [6.07, 6.45) is 0. The van der Waals surface area contributed by atoms with Crippen LogP contribution in [0.2, 0.25) is 0 Å². The monoisotopic (exact) mass is 270 g/mol. The van der Waals surface area contributed by atoms with Gasteiger partial charge in [-0.1, -0.05) is 17.7 Å². The van der Waals surface area contributed by atoms with Crippen LogP contribution in [0.25, 0.3) is 10.1 Å². The highest BCUT2D eigenvalue weighted by Gasteiger charge is 2.05. The third kappa shape index (κ3) is 2.56. The topological polar surface area (TPSA) is 29.5 Å². The van der Waals surface area contributed by atoms with Gasteiger partial charge in [-0.3, -0.25) is 0 Å². The Bertz CT molecular complexity index is 698. The Morgan fingerprint density at radius 3 is 2.68 bits per heavy atom. The second-order valence-electron chi connectivity index (χ2n) is 4.54. The predicted molar refractivity (Wildman–Crippen MR) is 79.0 cm³/mol. The summed E-state index contributed by atoms with van der Waals surface area (Å²) in [5, 5.41) is 12.7. The zero-order valence-corrected chi connectivity index (χ0v) is 11.4. The molecule has 96 valence electrons. The van der Waals surface area contributed by atoms with Crippen LogP contribution in [-0.2, 0) is 6.61 Å². The van der Waals surface area contributed by atoms with Gasteiger partial charge >= 0.3 is 0 Å². The molecular formula is C16H14O2S. The molecule has 19 heavy (non-hydrogen) atoms. The first-order chi connectivity index (χ1) is 9.22. The van der Waals surface area contributed by atoms with E-state index in [9.17, 15) is 5.11 Å². The van der Waals surface area contributed by atoms with Gasteiger partial charge in [0.05, 0.1) is 0 Å². The summed E-state index contributed by atoms with van der Waals surface area (Å²) in [4.78, 5) is 0. The molecule has 0 saturated heterocycles. The Hall–Kier alpha value is -2.00. The molecule has 0 spiro atoms. The van der Waals surface area contributed by atoms with Gasteiger partial charge in [0.1, 0.15) is 18.1 Å². The van der Waals surface area contributed by atoms with E-state index >= 15 is 0 Å². The van der Waals surface area contributed by atoms with Gasteiger partial charge in [-0.25, -0.2) is 0 Å². The Kier molecular flexibility index (Phi) is 3.13. The van der Waals surface area contributed by atoms with Crippen LogP contribution >= 0.6 is 11.3 Å². The largest absolute Gasteiger partial charge is 0.508 e. The molecule has 1 heterocycles. The lowest BCUT2D eigenvalue weighted by Crippen LogP contribution is -1.94. The Morgan fingerprint density at radius 1 is 1.11 bits per heavy atom. The van der Waals surface area contributed by atoms with Crippen LogP contribution in [0.15, 0.2) is 47.8 Å². The van der Waals surface area contributed by atoms with E-state index in [4.69, 9.17) is 4.74 Å². The molecule has 1 N–H and O–H groups in total. The number of phenols is 1. The first kappa shape index (κ1) is 12.1. The molecule has 0 radical (unpaired) electrons. The van der Waals surface area contributed by atoms with Crippen molar-refractivity contribution >= 4 is 21.4 Å². The smallest absolute Gasteiger partial charge is 0.119 e. The lowest BCUT2D eigenvalue weighted by atomic mass is 10.2. The molecular weight excluding hydrogens is 256 g/mol. The summed E-state index contributed by atoms with van der Waals surface area (Å²) >= 11 is 1.63. The summed E-state index contributed by atoms with van der Waals surface area (Å²) in [6, 6.07) is 13.5. The number of aryl methyl sites for hydroxylation is 1. The molecule has 0 amide bonds. The van der Waals surface area contributed by atoms with E-state index in [-0.39, 0.29) is 0 Å². The fraction of sp³-hybridized carbons (Fsp3) is 0.125. The van der Waals surface area contributed by atoms with Crippen molar-refractivity contribution in [3.05, 3.63) is 59.0 Å². The molecule has 0 atom stereocenters. The van der Waals surface area contributed by atoms with E-state index in [1.807, 2.05) is 30.3 Å². The molecule has 0 aliphatic rings. The van der Waals surface area contributed by atoms with Crippen LogP contribution in [0.1, 0.15) is 11.1 Å². The van der Waals surface area contributed by atoms with Crippen molar-refractivity contribution in [1.82, 2.24) is 0 Å². The molecule has 0 bridgehead atoms. The Morgan fingerprint density at radius 2 is 1.89 bits per heavy atom. The molecule has 3 aromatic rings.